The zero-order valence-corrected chi connectivity index (χ0v) is 15.4. The summed E-state index contributed by atoms with van der Waals surface area (Å²) in [5.74, 6) is 1.14. The third kappa shape index (κ3) is 3.54. The van der Waals surface area contributed by atoms with Crippen LogP contribution in [0.2, 0.25) is 0 Å². The van der Waals surface area contributed by atoms with E-state index in [2.05, 4.69) is 28.9 Å². The molecular weight excluding hydrogens is 330 g/mol. The van der Waals surface area contributed by atoms with Crippen LogP contribution in [0.4, 0.5) is 5.82 Å². The molecule has 26 heavy (non-hydrogen) atoms. The lowest BCUT2D eigenvalue weighted by atomic mass is 10.3. The minimum absolute atomic E-state index is 0.178. The number of likely N-dealkylation sites (N-methyl/N-ethyl adjacent to an activating group) is 1. The lowest BCUT2D eigenvalue weighted by Crippen LogP contribution is -2.49. The van der Waals surface area contributed by atoms with Crippen molar-refractivity contribution in [2.24, 2.45) is 0 Å². The van der Waals surface area contributed by atoms with Crippen molar-refractivity contribution in [2.45, 2.75) is 13.5 Å². The molecule has 2 saturated heterocycles. The number of aromatic nitrogens is 2. The summed E-state index contributed by atoms with van der Waals surface area (Å²) < 4.78 is 7.40. The van der Waals surface area contributed by atoms with E-state index in [4.69, 9.17) is 9.72 Å². The number of ether oxygens (including phenoxy) is 1. The fraction of sp³-hybridized carbons (Fsp3) is 0.579. The molecule has 0 radical (unpaired) electrons. The van der Waals surface area contributed by atoms with E-state index in [0.29, 0.717) is 6.54 Å². The van der Waals surface area contributed by atoms with Gasteiger partial charge in [0.2, 0.25) is 5.91 Å². The standard InChI is InChI=1S/C19H27N5O2/c1-2-21-7-9-23(10-8-21)18(25)15-24-6-5-16-3-4-17(20-19(16)24)22-11-13-26-14-12-22/h3-6H,2,7-15H2,1H3. The predicted molar refractivity (Wildman–Crippen MR) is 101 cm³/mol. The normalized spacial score (nSPS) is 19.3. The van der Waals surface area contributed by atoms with Gasteiger partial charge in [-0.2, -0.15) is 0 Å². The highest BCUT2D eigenvalue weighted by atomic mass is 16.5. The molecule has 0 saturated carbocycles. The third-order valence-corrected chi connectivity index (χ3v) is 5.41. The summed E-state index contributed by atoms with van der Waals surface area (Å²) in [7, 11) is 0. The fourth-order valence-electron chi connectivity index (χ4n) is 3.71. The molecule has 0 atom stereocenters. The molecule has 2 aromatic heterocycles. The Kier molecular flexibility index (Phi) is 5.08. The highest BCUT2D eigenvalue weighted by Gasteiger charge is 2.21. The lowest BCUT2D eigenvalue weighted by molar-refractivity contribution is -0.133. The van der Waals surface area contributed by atoms with Gasteiger partial charge in [0.05, 0.1) is 13.2 Å². The quantitative estimate of drug-likeness (QED) is 0.818. The van der Waals surface area contributed by atoms with Crippen molar-refractivity contribution in [1.29, 1.82) is 0 Å². The molecule has 7 nitrogen and oxygen atoms in total. The highest BCUT2D eigenvalue weighted by Crippen LogP contribution is 2.20. The van der Waals surface area contributed by atoms with Crippen LogP contribution < -0.4 is 4.90 Å². The molecule has 4 heterocycles. The Hall–Kier alpha value is -2.12. The van der Waals surface area contributed by atoms with Gasteiger partial charge < -0.3 is 24.0 Å². The summed E-state index contributed by atoms with van der Waals surface area (Å²) in [6.45, 7) is 10.3. The van der Waals surface area contributed by atoms with Gasteiger partial charge in [0.25, 0.3) is 0 Å². The van der Waals surface area contributed by atoms with E-state index in [9.17, 15) is 4.79 Å². The van der Waals surface area contributed by atoms with Crippen molar-refractivity contribution in [3.05, 3.63) is 24.4 Å². The molecule has 7 heteroatoms. The van der Waals surface area contributed by atoms with E-state index in [1.165, 1.54) is 0 Å². The number of nitrogens with zero attached hydrogens (tertiary/aromatic N) is 5. The van der Waals surface area contributed by atoms with Crippen molar-refractivity contribution in [1.82, 2.24) is 19.4 Å². The number of carbonyl (C=O) groups excluding carboxylic acids is 1. The highest BCUT2D eigenvalue weighted by molar-refractivity contribution is 5.82. The van der Waals surface area contributed by atoms with Crippen molar-refractivity contribution in [3.63, 3.8) is 0 Å². The van der Waals surface area contributed by atoms with Gasteiger partial charge in [0.1, 0.15) is 18.0 Å². The van der Waals surface area contributed by atoms with Crippen molar-refractivity contribution < 1.29 is 9.53 Å². The summed E-state index contributed by atoms with van der Waals surface area (Å²) in [5.41, 5.74) is 0.884. The SMILES string of the molecule is CCN1CCN(C(=O)Cn2ccc3ccc(N4CCOCC4)nc32)CC1. The number of carbonyl (C=O) groups is 1. The molecule has 2 aliphatic rings. The molecule has 0 unspecified atom stereocenters. The third-order valence-electron chi connectivity index (χ3n) is 5.41. The largest absolute Gasteiger partial charge is 0.378 e. The molecule has 2 aromatic rings. The summed E-state index contributed by atoms with van der Waals surface area (Å²) in [4.78, 5) is 24.2. The maximum Gasteiger partial charge on any atom is 0.242 e. The van der Waals surface area contributed by atoms with Crippen LogP contribution in [0.1, 0.15) is 6.92 Å². The Morgan fingerprint density at radius 3 is 2.58 bits per heavy atom. The topological polar surface area (TPSA) is 53.8 Å². The summed E-state index contributed by atoms with van der Waals surface area (Å²) >= 11 is 0. The van der Waals surface area contributed by atoms with E-state index >= 15 is 0 Å². The van der Waals surface area contributed by atoms with Gasteiger partial charge in [0.15, 0.2) is 0 Å². The Morgan fingerprint density at radius 1 is 1.08 bits per heavy atom. The van der Waals surface area contributed by atoms with Gasteiger partial charge in [-0.15, -0.1) is 0 Å². The minimum atomic E-state index is 0.178. The first-order chi connectivity index (χ1) is 12.7. The van der Waals surface area contributed by atoms with Gasteiger partial charge in [-0.1, -0.05) is 6.92 Å². The van der Waals surface area contributed by atoms with E-state index in [0.717, 1.165) is 75.9 Å². The molecule has 0 spiro atoms. The van der Waals surface area contributed by atoms with Gasteiger partial charge in [-0.05, 0) is 24.7 Å². The van der Waals surface area contributed by atoms with E-state index < -0.39 is 0 Å². The first-order valence-electron chi connectivity index (χ1n) is 9.53. The zero-order chi connectivity index (χ0) is 17.9. The molecule has 0 aromatic carbocycles. The smallest absolute Gasteiger partial charge is 0.242 e. The summed E-state index contributed by atoms with van der Waals surface area (Å²) in [6.07, 6.45) is 1.97. The molecule has 4 rings (SSSR count). The van der Waals surface area contributed by atoms with Gasteiger partial charge in [0, 0.05) is 50.9 Å². The maximum atomic E-state index is 12.7. The van der Waals surface area contributed by atoms with Crippen LogP contribution in [0, 0.1) is 0 Å². The average Bonchev–Trinajstić information content (AvgIpc) is 3.10. The van der Waals surface area contributed by atoms with Crippen molar-refractivity contribution in [2.75, 3.05) is 63.9 Å². The number of hydrogen-bond donors (Lipinski definition) is 0. The number of anilines is 1. The molecule has 0 bridgehead atoms. The van der Waals surface area contributed by atoms with Crippen molar-refractivity contribution in [3.8, 4) is 0 Å². The van der Waals surface area contributed by atoms with E-state index in [1.807, 2.05) is 21.7 Å². The van der Waals surface area contributed by atoms with E-state index in [1.54, 1.807) is 0 Å². The molecule has 0 N–H and O–H groups in total. The average molecular weight is 357 g/mol. The van der Waals surface area contributed by atoms with Crippen LogP contribution >= 0.6 is 0 Å². The Balaban J connectivity index is 1.48. The summed E-state index contributed by atoms with van der Waals surface area (Å²) in [6, 6.07) is 6.19. The van der Waals surface area contributed by atoms with Crippen LogP contribution in [0.15, 0.2) is 24.4 Å². The second-order valence-corrected chi connectivity index (χ2v) is 6.94. The summed E-state index contributed by atoms with van der Waals surface area (Å²) in [5, 5.41) is 1.07. The minimum Gasteiger partial charge on any atom is -0.378 e. The Bertz CT molecular complexity index is 760. The lowest BCUT2D eigenvalue weighted by Gasteiger charge is -2.34. The fourth-order valence-corrected chi connectivity index (χ4v) is 3.71. The zero-order valence-electron chi connectivity index (χ0n) is 15.4. The Morgan fingerprint density at radius 2 is 1.85 bits per heavy atom. The van der Waals surface area contributed by atoms with Crippen molar-refractivity contribution >= 4 is 22.8 Å². The van der Waals surface area contributed by atoms with E-state index in [-0.39, 0.29) is 5.91 Å². The number of hydrogen-bond acceptors (Lipinski definition) is 5. The van der Waals surface area contributed by atoms with Gasteiger partial charge in [-0.3, -0.25) is 4.79 Å². The van der Waals surface area contributed by atoms with Crippen LogP contribution in [0.3, 0.4) is 0 Å². The number of rotatable bonds is 4. The van der Waals surface area contributed by atoms with Crippen LogP contribution in [-0.4, -0.2) is 84.3 Å². The number of piperazine rings is 1. The number of morpholine rings is 1. The molecule has 140 valence electrons. The van der Waals surface area contributed by atoms with Gasteiger partial charge in [-0.25, -0.2) is 4.98 Å². The molecule has 2 fully saturated rings. The first-order valence-corrected chi connectivity index (χ1v) is 9.53. The maximum absolute atomic E-state index is 12.7. The van der Waals surface area contributed by atoms with Crippen LogP contribution in [-0.2, 0) is 16.1 Å². The van der Waals surface area contributed by atoms with Crippen LogP contribution in [0.5, 0.6) is 0 Å². The first kappa shape index (κ1) is 17.3. The Labute approximate surface area is 154 Å². The molecule has 0 aliphatic carbocycles. The molecule has 2 aliphatic heterocycles. The predicted octanol–water partition coefficient (Wildman–Crippen LogP) is 1.04. The number of pyridine rings is 1. The molecule has 1 amide bonds. The monoisotopic (exact) mass is 357 g/mol. The second-order valence-electron chi connectivity index (χ2n) is 6.94. The second kappa shape index (κ2) is 7.63. The molecular formula is C19H27N5O2. The number of amides is 1. The van der Waals surface area contributed by atoms with Crippen LogP contribution in [0.25, 0.3) is 11.0 Å². The van der Waals surface area contributed by atoms with Gasteiger partial charge >= 0.3 is 0 Å². The number of fused-ring (bicyclic) bond motifs is 1.